The normalized spacial score (nSPS) is 11.9. The zero-order valence-electron chi connectivity index (χ0n) is 10.3. The monoisotopic (exact) mass is 355 g/mol. The smallest absolute Gasteiger partial charge is 0.241 e. The largest absolute Gasteiger partial charge is 0.396 e. The predicted octanol–water partition coefficient (Wildman–Crippen LogP) is 2.65. The van der Waals surface area contributed by atoms with Crippen molar-refractivity contribution in [3.8, 4) is 0 Å². The Labute approximate surface area is 121 Å². The lowest BCUT2D eigenvalue weighted by molar-refractivity contribution is 0.282. The molecule has 0 atom stereocenters. The summed E-state index contributed by atoms with van der Waals surface area (Å²) in [5.74, 6) is 0. The molecule has 1 heterocycles. The van der Waals surface area contributed by atoms with E-state index >= 15 is 0 Å². The molecule has 7 heteroatoms. The minimum Gasteiger partial charge on any atom is -0.396 e. The van der Waals surface area contributed by atoms with Crippen LogP contribution in [0.4, 0.5) is 0 Å². The second-order valence-electron chi connectivity index (χ2n) is 4.01. The summed E-state index contributed by atoms with van der Waals surface area (Å²) in [7, 11) is -3.38. The maximum Gasteiger partial charge on any atom is 0.241 e. The number of aliphatic hydroxyl groups excluding tert-OH is 1. The van der Waals surface area contributed by atoms with Crippen molar-refractivity contribution in [3.05, 3.63) is 14.7 Å². The Balaban J connectivity index is 2.43. The topological polar surface area (TPSA) is 66.4 Å². The minimum absolute atomic E-state index is 0.202. The molecule has 18 heavy (non-hydrogen) atoms. The molecule has 0 aliphatic carbocycles. The summed E-state index contributed by atoms with van der Waals surface area (Å²) in [5.41, 5.74) is 0. The number of aryl methyl sites for hydroxylation is 1. The molecular weight excluding hydrogens is 338 g/mol. The fourth-order valence-electron chi connectivity index (χ4n) is 1.57. The Kier molecular flexibility index (Phi) is 6.79. The average molecular weight is 356 g/mol. The fourth-order valence-corrected chi connectivity index (χ4v) is 5.06. The fraction of sp³-hybridized carbons (Fsp3) is 0.636. The van der Waals surface area contributed by atoms with Crippen LogP contribution in [-0.4, -0.2) is 26.7 Å². The minimum atomic E-state index is -3.38. The third-order valence-corrected chi connectivity index (χ3v) is 5.78. The summed E-state index contributed by atoms with van der Waals surface area (Å²) in [4.78, 5) is 1.14. The van der Waals surface area contributed by atoms with Crippen LogP contribution in [0.5, 0.6) is 0 Å². The van der Waals surface area contributed by atoms with E-state index in [9.17, 15) is 8.42 Å². The molecule has 0 unspecified atom stereocenters. The second kappa shape index (κ2) is 7.59. The lowest BCUT2D eigenvalue weighted by Crippen LogP contribution is -2.24. The molecule has 0 aliphatic rings. The summed E-state index contributed by atoms with van der Waals surface area (Å²) in [6, 6.07) is 1.63. The van der Waals surface area contributed by atoms with Crippen LogP contribution >= 0.6 is 27.3 Å². The Bertz CT molecular complexity index is 471. The Morgan fingerprint density at radius 1 is 1.33 bits per heavy atom. The molecule has 2 N–H and O–H groups in total. The SMILES string of the molecule is Cc1sc(Br)cc1S(=O)(=O)NCCCCCCO. The number of unbranched alkanes of at least 4 members (excludes halogenated alkanes) is 3. The van der Waals surface area contributed by atoms with Crippen molar-refractivity contribution < 1.29 is 13.5 Å². The van der Waals surface area contributed by atoms with Gasteiger partial charge in [-0.05, 0) is 41.8 Å². The van der Waals surface area contributed by atoms with Crippen molar-refractivity contribution in [2.24, 2.45) is 0 Å². The van der Waals surface area contributed by atoms with E-state index in [1.807, 2.05) is 0 Å². The maximum atomic E-state index is 12.0. The first-order chi connectivity index (χ1) is 8.47. The van der Waals surface area contributed by atoms with Gasteiger partial charge in [-0.1, -0.05) is 12.8 Å². The highest BCUT2D eigenvalue weighted by atomic mass is 79.9. The van der Waals surface area contributed by atoms with E-state index in [1.165, 1.54) is 11.3 Å². The molecular formula is C11H18BrNO3S2. The van der Waals surface area contributed by atoms with E-state index in [4.69, 9.17) is 5.11 Å². The van der Waals surface area contributed by atoms with Crippen LogP contribution in [0.25, 0.3) is 0 Å². The van der Waals surface area contributed by atoms with Gasteiger partial charge in [-0.25, -0.2) is 13.1 Å². The number of nitrogens with one attached hydrogen (secondary N) is 1. The van der Waals surface area contributed by atoms with E-state index in [1.54, 1.807) is 13.0 Å². The number of sulfonamides is 1. The molecule has 1 rings (SSSR count). The molecule has 104 valence electrons. The molecule has 0 aromatic carbocycles. The molecule has 0 saturated heterocycles. The molecule has 0 aliphatic heterocycles. The van der Waals surface area contributed by atoms with Gasteiger partial charge in [-0.2, -0.15) is 0 Å². The van der Waals surface area contributed by atoms with Crippen LogP contribution in [0, 0.1) is 6.92 Å². The number of hydrogen-bond donors (Lipinski definition) is 2. The molecule has 0 radical (unpaired) electrons. The molecule has 1 aromatic rings. The lowest BCUT2D eigenvalue weighted by Gasteiger charge is -2.05. The highest BCUT2D eigenvalue weighted by molar-refractivity contribution is 9.11. The van der Waals surface area contributed by atoms with Crippen LogP contribution in [0.1, 0.15) is 30.6 Å². The zero-order valence-corrected chi connectivity index (χ0v) is 13.5. The summed E-state index contributed by atoms with van der Waals surface area (Å²) >= 11 is 4.70. The second-order valence-corrected chi connectivity index (χ2v) is 8.38. The van der Waals surface area contributed by atoms with Crippen molar-refractivity contribution in [1.82, 2.24) is 4.72 Å². The number of thiophene rings is 1. The van der Waals surface area contributed by atoms with Gasteiger partial charge in [-0.3, -0.25) is 0 Å². The Morgan fingerprint density at radius 3 is 2.56 bits per heavy atom. The van der Waals surface area contributed by atoms with E-state index in [2.05, 4.69) is 20.7 Å². The average Bonchev–Trinajstić information content (AvgIpc) is 2.63. The lowest BCUT2D eigenvalue weighted by atomic mass is 10.2. The van der Waals surface area contributed by atoms with Crippen molar-refractivity contribution in [1.29, 1.82) is 0 Å². The number of aliphatic hydroxyl groups is 1. The first-order valence-corrected chi connectivity index (χ1v) is 8.93. The van der Waals surface area contributed by atoms with Crippen LogP contribution in [0.2, 0.25) is 0 Å². The summed E-state index contributed by atoms with van der Waals surface area (Å²) in [5, 5.41) is 8.62. The maximum absolute atomic E-state index is 12.0. The van der Waals surface area contributed by atoms with Crippen LogP contribution in [-0.2, 0) is 10.0 Å². The van der Waals surface area contributed by atoms with Gasteiger partial charge in [0.2, 0.25) is 10.0 Å². The van der Waals surface area contributed by atoms with E-state index in [0.29, 0.717) is 11.4 Å². The van der Waals surface area contributed by atoms with Gasteiger partial charge in [0, 0.05) is 18.0 Å². The summed E-state index contributed by atoms with van der Waals surface area (Å²) in [6.45, 7) is 2.44. The van der Waals surface area contributed by atoms with Crippen LogP contribution < -0.4 is 4.72 Å². The third kappa shape index (κ3) is 4.97. The van der Waals surface area contributed by atoms with E-state index in [-0.39, 0.29) is 6.61 Å². The first-order valence-electron chi connectivity index (χ1n) is 5.84. The molecule has 0 spiro atoms. The number of halogens is 1. The molecule has 0 amide bonds. The molecule has 4 nitrogen and oxygen atoms in total. The zero-order chi connectivity index (χ0) is 13.6. The summed E-state index contributed by atoms with van der Waals surface area (Å²) in [6.07, 6.45) is 3.43. The van der Waals surface area contributed by atoms with E-state index in [0.717, 1.165) is 34.3 Å². The van der Waals surface area contributed by atoms with Crippen molar-refractivity contribution in [3.63, 3.8) is 0 Å². The highest BCUT2D eigenvalue weighted by Gasteiger charge is 2.18. The van der Waals surface area contributed by atoms with Gasteiger partial charge in [0.1, 0.15) is 0 Å². The Morgan fingerprint density at radius 2 is 2.00 bits per heavy atom. The summed E-state index contributed by atoms with van der Waals surface area (Å²) < 4.78 is 27.4. The number of hydrogen-bond acceptors (Lipinski definition) is 4. The molecule has 0 fully saturated rings. The van der Waals surface area contributed by atoms with Crippen LogP contribution in [0.15, 0.2) is 14.7 Å². The third-order valence-electron chi connectivity index (χ3n) is 2.51. The van der Waals surface area contributed by atoms with Gasteiger partial charge < -0.3 is 5.11 Å². The van der Waals surface area contributed by atoms with Gasteiger partial charge in [0.15, 0.2) is 0 Å². The van der Waals surface area contributed by atoms with Crippen molar-refractivity contribution in [2.45, 2.75) is 37.5 Å². The Hall–Kier alpha value is 0.0500. The highest BCUT2D eigenvalue weighted by Crippen LogP contribution is 2.29. The van der Waals surface area contributed by atoms with Crippen LogP contribution in [0.3, 0.4) is 0 Å². The quantitative estimate of drug-likeness (QED) is 0.704. The molecule has 0 bridgehead atoms. The molecule has 0 saturated carbocycles. The van der Waals surface area contributed by atoms with Crippen molar-refractivity contribution >= 4 is 37.3 Å². The standard InChI is InChI=1S/C11H18BrNO3S2/c1-9-10(8-11(12)17-9)18(15,16)13-6-4-2-3-5-7-14/h8,13-14H,2-7H2,1H3. The van der Waals surface area contributed by atoms with Gasteiger partial charge in [0.25, 0.3) is 0 Å². The first kappa shape index (κ1) is 16.1. The van der Waals surface area contributed by atoms with E-state index < -0.39 is 10.0 Å². The van der Waals surface area contributed by atoms with Crippen molar-refractivity contribution in [2.75, 3.05) is 13.2 Å². The van der Waals surface area contributed by atoms with Gasteiger partial charge in [-0.15, -0.1) is 11.3 Å². The molecule has 1 aromatic heterocycles. The number of rotatable bonds is 8. The van der Waals surface area contributed by atoms with Gasteiger partial charge >= 0.3 is 0 Å². The predicted molar refractivity (Wildman–Crippen MR) is 77.5 cm³/mol. The van der Waals surface area contributed by atoms with Gasteiger partial charge in [0.05, 0.1) is 8.68 Å².